The molecule has 4 nitrogen and oxygen atoms in total. The van der Waals surface area contributed by atoms with Gasteiger partial charge in [-0.2, -0.15) is 5.26 Å². The van der Waals surface area contributed by atoms with Crippen LogP contribution in [0, 0.1) is 23.0 Å². The monoisotopic (exact) mass is 328 g/mol. The fourth-order valence-corrected chi connectivity index (χ4v) is 2.21. The zero-order chi connectivity index (χ0) is 17.4. The van der Waals surface area contributed by atoms with Crippen LogP contribution < -0.4 is 10.6 Å². The number of aliphatic imine (C=N–C) groups is 1. The number of benzene rings is 2. The Morgan fingerprint density at radius 1 is 1.17 bits per heavy atom. The molecule has 24 heavy (non-hydrogen) atoms. The van der Waals surface area contributed by atoms with Crippen molar-refractivity contribution in [2.75, 3.05) is 13.6 Å². The Hall–Kier alpha value is -2.94. The van der Waals surface area contributed by atoms with Crippen LogP contribution in [0.2, 0.25) is 0 Å². The Morgan fingerprint density at radius 3 is 2.75 bits per heavy atom. The smallest absolute Gasteiger partial charge is 0.191 e. The van der Waals surface area contributed by atoms with Crippen molar-refractivity contribution in [3.8, 4) is 6.07 Å². The predicted molar refractivity (Wildman–Crippen MR) is 89.4 cm³/mol. The maximum Gasteiger partial charge on any atom is 0.191 e. The molecule has 0 aliphatic heterocycles. The van der Waals surface area contributed by atoms with Crippen molar-refractivity contribution < 1.29 is 8.78 Å². The van der Waals surface area contributed by atoms with Gasteiger partial charge in [0.2, 0.25) is 0 Å². The minimum atomic E-state index is -0.453. The maximum atomic E-state index is 13.6. The third kappa shape index (κ3) is 5.06. The second kappa shape index (κ2) is 8.63. The molecule has 0 spiro atoms. The molecule has 2 aromatic rings. The third-order valence-corrected chi connectivity index (χ3v) is 3.43. The molecule has 0 unspecified atom stereocenters. The molecule has 0 aromatic heterocycles. The fourth-order valence-electron chi connectivity index (χ4n) is 2.21. The summed E-state index contributed by atoms with van der Waals surface area (Å²) in [5.41, 5.74) is 1.87. The molecule has 2 aromatic carbocycles. The molecule has 0 heterocycles. The van der Waals surface area contributed by atoms with E-state index in [4.69, 9.17) is 5.26 Å². The number of rotatable bonds is 5. The van der Waals surface area contributed by atoms with Crippen LogP contribution in [0.25, 0.3) is 0 Å². The van der Waals surface area contributed by atoms with E-state index >= 15 is 0 Å². The fraction of sp³-hybridized carbons (Fsp3) is 0.222. The minimum Gasteiger partial charge on any atom is -0.356 e. The second-order valence-electron chi connectivity index (χ2n) is 5.15. The van der Waals surface area contributed by atoms with Gasteiger partial charge in [0.25, 0.3) is 0 Å². The Bertz CT molecular complexity index is 766. The lowest BCUT2D eigenvalue weighted by molar-refractivity contribution is 0.583. The van der Waals surface area contributed by atoms with Crippen LogP contribution in [-0.2, 0) is 13.0 Å². The third-order valence-electron chi connectivity index (χ3n) is 3.43. The van der Waals surface area contributed by atoms with E-state index in [9.17, 15) is 8.78 Å². The summed E-state index contributed by atoms with van der Waals surface area (Å²) in [5.74, 6) is -0.324. The molecule has 0 bridgehead atoms. The molecule has 0 aliphatic carbocycles. The number of nitriles is 1. The van der Waals surface area contributed by atoms with Gasteiger partial charge in [-0.15, -0.1) is 0 Å². The summed E-state index contributed by atoms with van der Waals surface area (Å²) in [6, 6.07) is 12.8. The zero-order valence-corrected chi connectivity index (χ0v) is 13.3. The van der Waals surface area contributed by atoms with E-state index < -0.39 is 11.6 Å². The molecule has 0 amide bonds. The summed E-state index contributed by atoms with van der Waals surface area (Å²) in [6.45, 7) is 0.918. The van der Waals surface area contributed by atoms with Gasteiger partial charge in [-0.1, -0.05) is 12.1 Å². The van der Waals surface area contributed by atoms with Crippen LogP contribution in [-0.4, -0.2) is 19.6 Å². The molecule has 0 fully saturated rings. The number of guanidine groups is 1. The average molecular weight is 328 g/mol. The zero-order valence-electron chi connectivity index (χ0n) is 13.3. The van der Waals surface area contributed by atoms with E-state index in [1.165, 1.54) is 6.07 Å². The summed E-state index contributed by atoms with van der Waals surface area (Å²) in [4.78, 5) is 4.08. The number of nitrogens with zero attached hydrogens (tertiary/aromatic N) is 2. The predicted octanol–water partition coefficient (Wildman–Crippen LogP) is 2.74. The van der Waals surface area contributed by atoms with Crippen molar-refractivity contribution in [1.82, 2.24) is 10.6 Å². The van der Waals surface area contributed by atoms with Crippen molar-refractivity contribution in [1.29, 1.82) is 5.26 Å². The first-order chi connectivity index (χ1) is 11.6. The molecule has 6 heteroatoms. The number of nitrogens with one attached hydrogen (secondary N) is 2. The molecular formula is C18H18F2N4. The molecule has 2 N–H and O–H groups in total. The van der Waals surface area contributed by atoms with Crippen molar-refractivity contribution in [3.05, 3.63) is 70.8 Å². The van der Waals surface area contributed by atoms with E-state index in [1.54, 1.807) is 19.2 Å². The molecule has 124 valence electrons. The lowest BCUT2D eigenvalue weighted by atomic mass is 10.1. The molecule has 0 radical (unpaired) electrons. The van der Waals surface area contributed by atoms with Crippen molar-refractivity contribution >= 4 is 5.96 Å². The van der Waals surface area contributed by atoms with Crippen molar-refractivity contribution in [2.45, 2.75) is 13.0 Å². The quantitative estimate of drug-likeness (QED) is 0.655. The first-order valence-corrected chi connectivity index (χ1v) is 7.50. The van der Waals surface area contributed by atoms with E-state index in [-0.39, 0.29) is 0 Å². The number of halogens is 2. The van der Waals surface area contributed by atoms with Gasteiger partial charge in [0.05, 0.1) is 11.6 Å². The maximum absolute atomic E-state index is 13.6. The highest BCUT2D eigenvalue weighted by molar-refractivity contribution is 5.79. The Labute approximate surface area is 139 Å². The normalized spacial score (nSPS) is 11.0. The van der Waals surface area contributed by atoms with E-state index in [1.807, 2.05) is 12.1 Å². The summed E-state index contributed by atoms with van der Waals surface area (Å²) in [7, 11) is 1.63. The molecule has 0 saturated heterocycles. The van der Waals surface area contributed by atoms with Crippen LogP contribution in [0.5, 0.6) is 0 Å². The number of hydrogen-bond donors (Lipinski definition) is 2. The molecule has 0 saturated carbocycles. The van der Waals surface area contributed by atoms with Gasteiger partial charge in [-0.05, 0) is 47.9 Å². The van der Waals surface area contributed by atoms with Gasteiger partial charge >= 0.3 is 0 Å². The van der Waals surface area contributed by atoms with Crippen LogP contribution in [0.15, 0.2) is 47.5 Å². The Kier molecular flexibility index (Phi) is 6.26. The molecule has 2 rings (SSSR count). The van der Waals surface area contributed by atoms with Crippen LogP contribution in [0.4, 0.5) is 8.78 Å². The number of hydrogen-bond acceptors (Lipinski definition) is 2. The lowest BCUT2D eigenvalue weighted by Crippen LogP contribution is -2.37. The summed E-state index contributed by atoms with van der Waals surface area (Å²) in [6.07, 6.45) is 0.341. The van der Waals surface area contributed by atoms with Gasteiger partial charge in [-0.3, -0.25) is 4.99 Å². The van der Waals surface area contributed by atoms with Crippen molar-refractivity contribution in [3.63, 3.8) is 0 Å². The van der Waals surface area contributed by atoms with Gasteiger partial charge in [0, 0.05) is 20.1 Å². The first kappa shape index (κ1) is 17.4. The minimum absolute atomic E-state index is 0.319. The molecule has 0 atom stereocenters. The van der Waals surface area contributed by atoms with Gasteiger partial charge < -0.3 is 10.6 Å². The van der Waals surface area contributed by atoms with Crippen LogP contribution in [0.3, 0.4) is 0 Å². The molecular weight excluding hydrogens is 310 g/mol. The summed E-state index contributed by atoms with van der Waals surface area (Å²) < 4.78 is 26.7. The van der Waals surface area contributed by atoms with Gasteiger partial charge in [0.1, 0.15) is 11.6 Å². The van der Waals surface area contributed by atoms with E-state index in [0.717, 1.165) is 17.7 Å². The first-order valence-electron chi connectivity index (χ1n) is 7.50. The lowest BCUT2D eigenvalue weighted by Gasteiger charge is -2.12. The van der Waals surface area contributed by atoms with Gasteiger partial charge in [-0.25, -0.2) is 8.78 Å². The van der Waals surface area contributed by atoms with Gasteiger partial charge in [0.15, 0.2) is 5.96 Å². The Balaban J connectivity index is 1.84. The largest absolute Gasteiger partial charge is 0.356 e. The topological polar surface area (TPSA) is 60.2 Å². The van der Waals surface area contributed by atoms with Crippen LogP contribution >= 0.6 is 0 Å². The van der Waals surface area contributed by atoms with Crippen LogP contribution in [0.1, 0.15) is 16.7 Å². The second-order valence-corrected chi connectivity index (χ2v) is 5.15. The molecule has 0 aliphatic rings. The van der Waals surface area contributed by atoms with E-state index in [2.05, 4.69) is 21.7 Å². The highest BCUT2D eigenvalue weighted by Gasteiger charge is 2.05. The van der Waals surface area contributed by atoms with Crippen molar-refractivity contribution in [2.24, 2.45) is 4.99 Å². The summed E-state index contributed by atoms with van der Waals surface area (Å²) >= 11 is 0. The highest BCUT2D eigenvalue weighted by Crippen LogP contribution is 2.09. The standard InChI is InChI=1S/C18H18F2N4/c1-22-18(24-12-14-4-2-3-13(9-14)11-21)23-8-7-15-10-16(19)5-6-17(15)20/h2-6,9-10H,7-8,12H2,1H3,(H2,22,23,24). The highest BCUT2D eigenvalue weighted by atomic mass is 19.1. The SMILES string of the molecule is CN=C(NCCc1cc(F)ccc1F)NCc1cccc(C#N)c1. The Morgan fingerprint density at radius 2 is 2.00 bits per heavy atom. The average Bonchev–Trinajstić information content (AvgIpc) is 2.61. The summed E-state index contributed by atoms with van der Waals surface area (Å²) in [5, 5.41) is 15.0. The van der Waals surface area contributed by atoms with E-state index in [0.29, 0.717) is 36.6 Å².